The number of benzene rings is 1. The van der Waals surface area contributed by atoms with Crippen LogP contribution in [0.4, 0.5) is 0 Å². The lowest BCUT2D eigenvalue weighted by atomic mass is 10.1. The van der Waals surface area contributed by atoms with E-state index < -0.39 is 15.1 Å². The Hall–Kier alpha value is -0.910. The van der Waals surface area contributed by atoms with Crippen LogP contribution in [0.5, 0.6) is 0 Å². The fraction of sp³-hybridized carbons (Fsp3) is 0.625. The lowest BCUT2D eigenvalue weighted by Crippen LogP contribution is -2.50. The van der Waals surface area contributed by atoms with Crippen molar-refractivity contribution in [1.82, 2.24) is 5.32 Å². The number of sulfone groups is 1. The van der Waals surface area contributed by atoms with Crippen LogP contribution in [0.2, 0.25) is 0 Å². The molecule has 0 bridgehead atoms. The first kappa shape index (κ1) is 16.5. The van der Waals surface area contributed by atoms with Gasteiger partial charge in [-0.25, -0.2) is 8.42 Å². The minimum atomic E-state index is -3.22. The molecule has 1 aromatic carbocycles. The van der Waals surface area contributed by atoms with Crippen molar-refractivity contribution in [2.75, 3.05) is 19.8 Å². The van der Waals surface area contributed by atoms with Gasteiger partial charge in [-0.1, -0.05) is 36.8 Å². The van der Waals surface area contributed by atoms with E-state index in [-0.39, 0.29) is 11.8 Å². The number of aryl methyl sites for hydroxylation is 1. The van der Waals surface area contributed by atoms with Gasteiger partial charge < -0.3 is 10.1 Å². The first-order valence-electron chi connectivity index (χ1n) is 7.61. The van der Waals surface area contributed by atoms with E-state index in [1.165, 1.54) is 0 Å². The van der Waals surface area contributed by atoms with E-state index in [2.05, 4.69) is 12.2 Å². The van der Waals surface area contributed by atoms with E-state index >= 15 is 0 Å². The van der Waals surface area contributed by atoms with Crippen LogP contribution in [-0.4, -0.2) is 39.5 Å². The zero-order chi connectivity index (χ0) is 15.3. The molecule has 1 aromatic rings. The van der Waals surface area contributed by atoms with Crippen molar-refractivity contribution >= 4 is 9.84 Å². The van der Waals surface area contributed by atoms with Gasteiger partial charge in [-0.15, -0.1) is 0 Å². The maximum atomic E-state index is 12.7. The zero-order valence-corrected chi connectivity index (χ0v) is 13.7. The molecule has 0 aliphatic carbocycles. The summed E-state index contributed by atoms with van der Waals surface area (Å²) in [7, 11) is -3.22. The number of rotatable bonds is 6. The lowest BCUT2D eigenvalue weighted by Gasteiger charge is -2.32. The molecule has 1 saturated heterocycles. The summed E-state index contributed by atoms with van der Waals surface area (Å²) in [5.74, 6) is 0.0903. The maximum Gasteiger partial charge on any atom is 0.161 e. The molecule has 2 atom stereocenters. The molecular weight excluding hydrogens is 286 g/mol. The van der Waals surface area contributed by atoms with Gasteiger partial charge in [0.15, 0.2) is 9.84 Å². The van der Waals surface area contributed by atoms with Crippen LogP contribution in [0.15, 0.2) is 24.3 Å². The Morgan fingerprint density at radius 3 is 2.90 bits per heavy atom. The number of hydrogen-bond donors (Lipinski definition) is 1. The van der Waals surface area contributed by atoms with Crippen LogP contribution in [0.25, 0.3) is 0 Å². The normalized spacial score (nSPS) is 23.1. The Kier molecular flexibility index (Phi) is 5.79. The second-order valence-electron chi connectivity index (χ2n) is 5.76. The Morgan fingerprint density at radius 1 is 1.38 bits per heavy atom. The van der Waals surface area contributed by atoms with Crippen LogP contribution in [0.1, 0.15) is 30.9 Å². The molecule has 4 nitrogen and oxygen atoms in total. The van der Waals surface area contributed by atoms with Crippen molar-refractivity contribution in [3.05, 3.63) is 35.4 Å². The largest absolute Gasteiger partial charge is 0.380 e. The van der Waals surface area contributed by atoms with Gasteiger partial charge in [0, 0.05) is 12.6 Å². The van der Waals surface area contributed by atoms with Gasteiger partial charge in [-0.05, 0) is 31.9 Å². The first-order chi connectivity index (χ1) is 10.0. The summed E-state index contributed by atoms with van der Waals surface area (Å²) in [5.41, 5.74) is 1.94. The predicted molar refractivity (Wildman–Crippen MR) is 85.1 cm³/mol. The highest BCUT2D eigenvalue weighted by Crippen LogP contribution is 2.20. The molecule has 1 N–H and O–H groups in total. The molecule has 1 aliphatic rings. The van der Waals surface area contributed by atoms with Gasteiger partial charge in [-0.2, -0.15) is 0 Å². The van der Waals surface area contributed by atoms with Crippen molar-refractivity contribution < 1.29 is 13.2 Å². The smallest absolute Gasteiger partial charge is 0.161 e. The summed E-state index contributed by atoms with van der Waals surface area (Å²) < 4.78 is 30.9. The highest BCUT2D eigenvalue weighted by atomic mass is 32.2. The quantitative estimate of drug-likeness (QED) is 0.874. The summed E-state index contributed by atoms with van der Waals surface area (Å²) >= 11 is 0. The number of hydrogen-bond acceptors (Lipinski definition) is 4. The summed E-state index contributed by atoms with van der Waals surface area (Å²) in [5, 5.41) is 2.92. The van der Waals surface area contributed by atoms with Gasteiger partial charge in [-0.3, -0.25) is 0 Å². The van der Waals surface area contributed by atoms with Gasteiger partial charge >= 0.3 is 0 Å². The fourth-order valence-electron chi connectivity index (χ4n) is 2.77. The Labute approximate surface area is 127 Å². The van der Waals surface area contributed by atoms with E-state index in [0.29, 0.717) is 13.2 Å². The van der Waals surface area contributed by atoms with Crippen LogP contribution >= 0.6 is 0 Å². The van der Waals surface area contributed by atoms with Crippen molar-refractivity contribution in [1.29, 1.82) is 0 Å². The molecule has 118 valence electrons. The van der Waals surface area contributed by atoms with Crippen LogP contribution < -0.4 is 5.32 Å². The van der Waals surface area contributed by atoms with Gasteiger partial charge in [0.25, 0.3) is 0 Å². The van der Waals surface area contributed by atoms with Crippen molar-refractivity contribution in [2.24, 2.45) is 0 Å². The highest BCUT2D eigenvalue weighted by molar-refractivity contribution is 7.91. The second-order valence-corrected chi connectivity index (χ2v) is 7.98. The summed E-state index contributed by atoms with van der Waals surface area (Å²) in [6.07, 6.45) is 1.76. The number of ether oxygens (including phenoxy) is 1. The third-order valence-electron chi connectivity index (χ3n) is 3.87. The van der Waals surface area contributed by atoms with Crippen LogP contribution in [0, 0.1) is 6.92 Å². The van der Waals surface area contributed by atoms with Crippen LogP contribution in [-0.2, 0) is 20.3 Å². The monoisotopic (exact) mass is 311 g/mol. The average Bonchev–Trinajstić information content (AvgIpc) is 2.45. The molecule has 0 spiro atoms. The van der Waals surface area contributed by atoms with Gasteiger partial charge in [0.05, 0.1) is 12.4 Å². The maximum absolute atomic E-state index is 12.7. The molecule has 5 heteroatoms. The molecule has 0 radical (unpaired) electrons. The SMILES string of the molecule is CCCNC1CCOCC1S(=O)(=O)Cc1cccc(C)c1. The zero-order valence-electron chi connectivity index (χ0n) is 12.8. The van der Waals surface area contributed by atoms with Gasteiger partial charge in [0.1, 0.15) is 5.25 Å². The Balaban J connectivity index is 2.12. The van der Waals surface area contributed by atoms with Crippen molar-refractivity contribution in [3.63, 3.8) is 0 Å². The fourth-order valence-corrected chi connectivity index (χ4v) is 4.66. The lowest BCUT2D eigenvalue weighted by molar-refractivity contribution is 0.0808. The van der Waals surface area contributed by atoms with E-state index in [9.17, 15) is 8.42 Å². The minimum absolute atomic E-state index is 0.00788. The number of nitrogens with one attached hydrogen (secondary N) is 1. The molecule has 1 fully saturated rings. The Morgan fingerprint density at radius 2 is 2.19 bits per heavy atom. The minimum Gasteiger partial charge on any atom is -0.380 e. The second kappa shape index (κ2) is 7.38. The third kappa shape index (κ3) is 4.53. The van der Waals surface area contributed by atoms with E-state index in [1.54, 1.807) is 0 Å². The molecule has 2 unspecified atom stereocenters. The molecule has 2 rings (SSSR count). The molecule has 0 amide bonds. The average molecular weight is 311 g/mol. The van der Waals surface area contributed by atoms with E-state index in [0.717, 1.165) is 30.5 Å². The first-order valence-corrected chi connectivity index (χ1v) is 9.32. The van der Waals surface area contributed by atoms with E-state index in [1.807, 2.05) is 31.2 Å². The molecule has 0 saturated carbocycles. The van der Waals surface area contributed by atoms with E-state index in [4.69, 9.17) is 4.74 Å². The standard InChI is InChI=1S/C16H25NO3S/c1-3-8-17-15-7-9-20-11-16(15)21(18,19)12-14-6-4-5-13(2)10-14/h4-6,10,15-17H,3,7-9,11-12H2,1-2H3. The molecule has 1 heterocycles. The van der Waals surface area contributed by atoms with Crippen molar-refractivity contribution in [3.8, 4) is 0 Å². The topological polar surface area (TPSA) is 55.4 Å². The van der Waals surface area contributed by atoms with Crippen LogP contribution in [0.3, 0.4) is 0 Å². The predicted octanol–water partition coefficient (Wildman–Crippen LogP) is 2.07. The summed E-state index contributed by atoms with van der Waals surface area (Å²) in [4.78, 5) is 0. The molecular formula is C16H25NO3S. The third-order valence-corrected chi connectivity index (χ3v) is 6.00. The molecule has 21 heavy (non-hydrogen) atoms. The summed E-state index contributed by atoms with van der Waals surface area (Å²) in [6.45, 7) is 5.85. The highest BCUT2D eigenvalue weighted by Gasteiger charge is 2.35. The van der Waals surface area contributed by atoms with Crippen molar-refractivity contribution in [2.45, 2.75) is 43.7 Å². The Bertz CT molecular complexity index is 556. The molecule has 1 aliphatic heterocycles. The molecule has 0 aromatic heterocycles. The van der Waals surface area contributed by atoms with Gasteiger partial charge in [0.2, 0.25) is 0 Å². The summed E-state index contributed by atoms with van der Waals surface area (Å²) in [6, 6.07) is 7.71.